The smallest absolute Gasteiger partial charge is 0.453 e. The zero-order valence-electron chi connectivity index (χ0n) is 19.3. The average Bonchev–Trinajstić information content (AvgIpc) is 3.66. The van der Waals surface area contributed by atoms with E-state index in [1.807, 2.05) is 12.1 Å². The molecule has 0 spiro atoms. The fraction of sp³-hybridized carbons (Fsp3) is 0.769. The summed E-state index contributed by atoms with van der Waals surface area (Å²) < 4.78 is 67.9. The minimum Gasteiger partial charge on any atom is -0.508 e. The molecule has 3 unspecified atom stereocenters. The lowest BCUT2D eigenvalue weighted by molar-refractivity contribution is -0.284. The van der Waals surface area contributed by atoms with E-state index < -0.39 is 18.5 Å². The lowest BCUT2D eigenvalue weighted by atomic mass is 9.91. The number of hydrogen-bond acceptors (Lipinski definition) is 2. The van der Waals surface area contributed by atoms with Crippen LogP contribution < -0.4 is 0 Å². The summed E-state index contributed by atoms with van der Waals surface area (Å²) in [6.45, 7) is 0.751. The lowest BCUT2D eigenvalue weighted by Crippen LogP contribution is -2.36. The Morgan fingerprint density at radius 2 is 1.39 bits per heavy atom. The Labute approximate surface area is 193 Å². The van der Waals surface area contributed by atoms with E-state index in [-0.39, 0.29) is 12.5 Å². The van der Waals surface area contributed by atoms with Crippen molar-refractivity contribution in [1.82, 2.24) is 0 Å². The van der Waals surface area contributed by atoms with Crippen LogP contribution in [-0.2, 0) is 4.74 Å². The molecular formula is C26H37F5O2. The molecule has 1 saturated heterocycles. The maximum Gasteiger partial charge on any atom is 0.453 e. The molecule has 1 fully saturated rings. The molecule has 0 aromatic heterocycles. The second kappa shape index (κ2) is 11.9. The van der Waals surface area contributed by atoms with Crippen LogP contribution in [0, 0.1) is 5.92 Å². The van der Waals surface area contributed by atoms with Crippen molar-refractivity contribution in [2.45, 2.75) is 114 Å². The third-order valence-corrected chi connectivity index (χ3v) is 7.17. The van der Waals surface area contributed by atoms with Gasteiger partial charge >= 0.3 is 12.1 Å². The van der Waals surface area contributed by atoms with Gasteiger partial charge in [0, 0.05) is 12.3 Å². The first-order valence-corrected chi connectivity index (χ1v) is 12.6. The highest BCUT2D eigenvalue weighted by Crippen LogP contribution is 2.48. The van der Waals surface area contributed by atoms with Crippen molar-refractivity contribution in [2.24, 2.45) is 5.92 Å². The van der Waals surface area contributed by atoms with Gasteiger partial charge in [-0.25, -0.2) is 0 Å². The molecule has 1 N–H and O–H groups in total. The van der Waals surface area contributed by atoms with Crippen LogP contribution in [0.1, 0.15) is 107 Å². The van der Waals surface area contributed by atoms with E-state index in [0.29, 0.717) is 30.4 Å². The first kappa shape index (κ1) is 26.2. The maximum absolute atomic E-state index is 12.9. The van der Waals surface area contributed by atoms with Crippen molar-refractivity contribution in [3.8, 4) is 5.75 Å². The van der Waals surface area contributed by atoms with Crippen molar-refractivity contribution >= 4 is 0 Å². The first-order chi connectivity index (χ1) is 15.7. The summed E-state index contributed by atoms with van der Waals surface area (Å²) in [6, 6.07) is 5.67. The maximum atomic E-state index is 12.9. The Balaban J connectivity index is 1.15. The second-order valence-corrected chi connectivity index (χ2v) is 9.85. The quantitative estimate of drug-likeness (QED) is 0.139. The molecule has 1 aliphatic heterocycles. The van der Waals surface area contributed by atoms with Crippen LogP contribution >= 0.6 is 0 Å². The summed E-state index contributed by atoms with van der Waals surface area (Å²) in [5.41, 5.74) is 2.70. The number of phenols is 1. The van der Waals surface area contributed by atoms with Crippen LogP contribution in [0.3, 0.4) is 0 Å². The van der Waals surface area contributed by atoms with Crippen LogP contribution in [0.4, 0.5) is 22.0 Å². The van der Waals surface area contributed by atoms with Gasteiger partial charge in [-0.05, 0) is 54.9 Å². The van der Waals surface area contributed by atoms with Crippen molar-refractivity contribution < 1.29 is 31.8 Å². The molecule has 0 saturated carbocycles. The van der Waals surface area contributed by atoms with E-state index in [0.717, 1.165) is 25.9 Å². The Bertz CT molecular complexity index is 730. The number of phenolic OH excluding ortho intramolecular Hbond substituents is 1. The summed E-state index contributed by atoms with van der Waals surface area (Å²) in [6.07, 6.45) is 6.22. The number of halogens is 5. The van der Waals surface area contributed by atoms with Crippen molar-refractivity contribution in [3.63, 3.8) is 0 Å². The van der Waals surface area contributed by atoms with E-state index in [2.05, 4.69) is 0 Å². The summed E-state index contributed by atoms with van der Waals surface area (Å²) in [7, 11) is 0. The standard InChI is InChI=1S/C26H37F5O2/c27-25(28,26(29,30)31)16-10-6-8-12-19(24-18-33-24)11-7-4-2-1-3-5-9-13-21-22-15-14-20(32)17-23(21)22/h14-15,17,19,21,24,32H,1-13,16,18H2. The van der Waals surface area contributed by atoms with Gasteiger partial charge in [0.1, 0.15) is 5.75 Å². The minimum absolute atomic E-state index is 0.0972. The molecule has 0 bridgehead atoms. The molecule has 1 heterocycles. The first-order valence-electron chi connectivity index (χ1n) is 12.6. The van der Waals surface area contributed by atoms with Gasteiger partial charge in [0.15, 0.2) is 0 Å². The normalized spacial score (nSPS) is 20.5. The number of rotatable bonds is 17. The number of ether oxygens (including phenoxy) is 1. The Hall–Kier alpha value is -1.37. The summed E-state index contributed by atoms with van der Waals surface area (Å²) >= 11 is 0. The van der Waals surface area contributed by atoms with Gasteiger partial charge < -0.3 is 9.84 Å². The van der Waals surface area contributed by atoms with Gasteiger partial charge in [0.05, 0.1) is 12.7 Å². The van der Waals surface area contributed by atoms with Gasteiger partial charge in [0.25, 0.3) is 0 Å². The van der Waals surface area contributed by atoms with Crippen LogP contribution in [0.15, 0.2) is 18.2 Å². The van der Waals surface area contributed by atoms with Crippen LogP contribution in [0.5, 0.6) is 5.75 Å². The van der Waals surface area contributed by atoms with Crippen molar-refractivity contribution in [1.29, 1.82) is 0 Å². The molecule has 3 atom stereocenters. The van der Waals surface area contributed by atoms with Gasteiger partial charge in [-0.1, -0.05) is 63.9 Å². The van der Waals surface area contributed by atoms with E-state index in [9.17, 15) is 27.1 Å². The number of alkyl halides is 5. The molecule has 188 valence electrons. The Morgan fingerprint density at radius 3 is 1.97 bits per heavy atom. The van der Waals surface area contributed by atoms with Gasteiger partial charge in [-0.3, -0.25) is 0 Å². The monoisotopic (exact) mass is 476 g/mol. The highest BCUT2D eigenvalue weighted by Gasteiger charge is 2.56. The lowest BCUT2D eigenvalue weighted by Gasteiger charge is -2.19. The second-order valence-electron chi connectivity index (χ2n) is 9.85. The summed E-state index contributed by atoms with van der Waals surface area (Å²) in [5, 5.41) is 9.49. The van der Waals surface area contributed by atoms with Crippen molar-refractivity contribution in [3.05, 3.63) is 29.3 Å². The molecule has 0 radical (unpaired) electrons. The van der Waals surface area contributed by atoms with Crippen molar-refractivity contribution in [2.75, 3.05) is 6.61 Å². The highest BCUT2D eigenvalue weighted by molar-refractivity contribution is 5.55. The number of aromatic hydroxyl groups is 1. The third-order valence-electron chi connectivity index (χ3n) is 7.17. The zero-order valence-corrected chi connectivity index (χ0v) is 19.3. The average molecular weight is 477 g/mol. The van der Waals surface area contributed by atoms with Crippen LogP contribution in [-0.4, -0.2) is 29.9 Å². The topological polar surface area (TPSA) is 32.8 Å². The van der Waals surface area contributed by atoms with Gasteiger partial charge in [-0.2, -0.15) is 22.0 Å². The largest absolute Gasteiger partial charge is 0.508 e. The van der Waals surface area contributed by atoms with E-state index >= 15 is 0 Å². The zero-order chi connectivity index (χ0) is 23.9. The van der Waals surface area contributed by atoms with E-state index in [4.69, 9.17) is 4.74 Å². The SMILES string of the molecule is Oc1ccc2c(c1)C2CCCCCCCCCC(CCCCCC(F)(F)C(F)(F)F)C1CO1. The molecule has 3 rings (SSSR count). The fourth-order valence-corrected chi connectivity index (χ4v) is 4.95. The van der Waals surface area contributed by atoms with Gasteiger partial charge in [0.2, 0.25) is 0 Å². The number of unbranched alkanes of at least 4 members (excludes halogenated alkanes) is 8. The summed E-state index contributed by atoms with van der Waals surface area (Å²) in [5.74, 6) is -3.24. The Kier molecular flexibility index (Phi) is 9.42. The van der Waals surface area contributed by atoms with E-state index in [1.54, 1.807) is 6.07 Å². The predicted octanol–water partition coefficient (Wildman–Crippen LogP) is 8.51. The molecule has 33 heavy (non-hydrogen) atoms. The molecular weight excluding hydrogens is 439 g/mol. The fourth-order valence-electron chi connectivity index (χ4n) is 4.95. The number of benzene rings is 1. The molecule has 2 aliphatic rings. The van der Waals surface area contributed by atoms with Crippen LogP contribution in [0.2, 0.25) is 0 Å². The predicted molar refractivity (Wildman–Crippen MR) is 119 cm³/mol. The van der Waals surface area contributed by atoms with E-state index in [1.165, 1.54) is 56.1 Å². The molecule has 1 aromatic carbocycles. The molecule has 7 heteroatoms. The summed E-state index contributed by atoms with van der Waals surface area (Å²) in [4.78, 5) is 0. The number of hydrogen-bond donors (Lipinski definition) is 1. The Morgan fingerprint density at radius 1 is 0.818 bits per heavy atom. The highest BCUT2D eigenvalue weighted by atomic mass is 19.4. The van der Waals surface area contributed by atoms with Crippen LogP contribution in [0.25, 0.3) is 0 Å². The number of epoxide rings is 1. The molecule has 1 aromatic rings. The van der Waals surface area contributed by atoms with Gasteiger partial charge in [-0.15, -0.1) is 0 Å². The third kappa shape index (κ3) is 8.41. The molecule has 1 aliphatic carbocycles. The molecule has 2 nitrogen and oxygen atoms in total. The molecule has 0 amide bonds. The number of fused-ring (bicyclic) bond motifs is 1. The minimum atomic E-state index is -5.44.